The summed E-state index contributed by atoms with van der Waals surface area (Å²) in [6.45, 7) is 2.25. The minimum Gasteiger partial charge on any atom is -0.508 e. The molecule has 0 bridgehead atoms. The lowest BCUT2D eigenvalue weighted by atomic mass is 10.0. The molecule has 11 nitrogen and oxygen atoms in total. The van der Waals surface area contributed by atoms with E-state index in [1.165, 1.54) is 44.9 Å². The van der Waals surface area contributed by atoms with E-state index in [0.29, 0.717) is 5.75 Å². The summed E-state index contributed by atoms with van der Waals surface area (Å²) in [5.41, 5.74) is 1.09. The maximum absolute atomic E-state index is 9.58. The van der Waals surface area contributed by atoms with Gasteiger partial charge in [0.1, 0.15) is 5.75 Å². The number of hydrogen-bond donors (Lipinski definition) is 5. The number of unbranched alkanes of at least 4 members (excludes halogenated alkanes) is 6. The Bertz CT molecular complexity index is 678. The average Bonchev–Trinajstić information content (AvgIpc) is 2.53. The van der Waals surface area contributed by atoms with Crippen LogP contribution < -0.4 is 12.3 Å². The SMILES string of the molecule is CCCCCCCCCc1ccccc1O.N.N.O=S(=O)(O)OOS(=O)(=O)O. The van der Waals surface area contributed by atoms with E-state index in [1.54, 1.807) is 6.07 Å². The van der Waals surface area contributed by atoms with E-state index in [0.717, 1.165) is 12.0 Å². The molecule has 9 N–H and O–H groups in total. The molecule has 0 atom stereocenters. The molecule has 0 aliphatic carbocycles. The molecule has 0 spiro atoms. The van der Waals surface area contributed by atoms with Crippen molar-refractivity contribution >= 4 is 20.8 Å². The van der Waals surface area contributed by atoms with Crippen molar-refractivity contribution in [1.29, 1.82) is 0 Å². The Morgan fingerprint density at radius 1 is 0.786 bits per heavy atom. The van der Waals surface area contributed by atoms with Crippen LogP contribution in [0.25, 0.3) is 0 Å². The van der Waals surface area contributed by atoms with Gasteiger partial charge in [-0.2, -0.15) is 16.8 Å². The Labute approximate surface area is 167 Å². The van der Waals surface area contributed by atoms with Gasteiger partial charge < -0.3 is 17.4 Å². The van der Waals surface area contributed by atoms with Gasteiger partial charge in [0.05, 0.1) is 0 Å². The molecule has 0 fully saturated rings. The third-order valence-corrected chi connectivity index (χ3v) is 3.81. The molecule has 0 aliphatic rings. The largest absolute Gasteiger partial charge is 0.508 e. The van der Waals surface area contributed by atoms with Gasteiger partial charge >= 0.3 is 20.8 Å². The first kappa shape index (κ1) is 31.4. The van der Waals surface area contributed by atoms with Crippen LogP contribution in [-0.4, -0.2) is 31.0 Å². The van der Waals surface area contributed by atoms with Crippen molar-refractivity contribution in [2.45, 2.75) is 58.3 Å². The number of hydrogen-bond acceptors (Lipinski definition) is 9. The molecule has 13 heteroatoms. The fourth-order valence-corrected chi connectivity index (χ4v) is 2.63. The van der Waals surface area contributed by atoms with Gasteiger partial charge in [0.25, 0.3) is 0 Å². The predicted octanol–water partition coefficient (Wildman–Crippen LogP) is 3.55. The van der Waals surface area contributed by atoms with Crippen molar-refractivity contribution in [2.24, 2.45) is 0 Å². The van der Waals surface area contributed by atoms with Gasteiger partial charge in [0.15, 0.2) is 0 Å². The maximum Gasteiger partial charge on any atom is 0.425 e. The highest BCUT2D eigenvalue weighted by Gasteiger charge is 2.13. The van der Waals surface area contributed by atoms with Crippen molar-refractivity contribution in [3.8, 4) is 5.75 Å². The molecule has 0 heterocycles. The van der Waals surface area contributed by atoms with Crippen molar-refractivity contribution in [3.63, 3.8) is 0 Å². The quantitative estimate of drug-likeness (QED) is 0.142. The summed E-state index contributed by atoms with van der Waals surface area (Å²) in [5.74, 6) is 0.452. The van der Waals surface area contributed by atoms with Crippen LogP contribution in [0.3, 0.4) is 0 Å². The van der Waals surface area contributed by atoms with E-state index in [-0.39, 0.29) is 12.3 Å². The number of para-hydroxylation sites is 1. The van der Waals surface area contributed by atoms with Gasteiger partial charge in [-0.05, 0) is 24.5 Å². The Balaban J connectivity index is -0.000000458. The first-order chi connectivity index (χ1) is 12.0. The molecule has 0 unspecified atom stereocenters. The molecule has 1 aromatic carbocycles. The Morgan fingerprint density at radius 3 is 1.64 bits per heavy atom. The molecular formula is C15H32N2O9S2. The normalized spacial score (nSPS) is 10.8. The van der Waals surface area contributed by atoms with Gasteiger partial charge in [0.2, 0.25) is 0 Å². The van der Waals surface area contributed by atoms with E-state index in [4.69, 9.17) is 9.11 Å². The zero-order valence-electron chi connectivity index (χ0n) is 16.0. The van der Waals surface area contributed by atoms with Crippen LogP contribution in [0.5, 0.6) is 5.75 Å². The molecule has 0 amide bonds. The molecule has 28 heavy (non-hydrogen) atoms. The minimum absolute atomic E-state index is 0. The van der Waals surface area contributed by atoms with E-state index >= 15 is 0 Å². The Hall–Kier alpha value is -1.32. The zero-order valence-corrected chi connectivity index (χ0v) is 17.6. The highest BCUT2D eigenvalue weighted by atomic mass is 32.3. The van der Waals surface area contributed by atoms with Gasteiger partial charge in [-0.1, -0.05) is 72.3 Å². The lowest BCUT2D eigenvalue weighted by Gasteiger charge is -2.04. The highest BCUT2D eigenvalue weighted by Crippen LogP contribution is 2.18. The van der Waals surface area contributed by atoms with Crippen LogP contribution in [0.1, 0.15) is 57.4 Å². The lowest BCUT2D eigenvalue weighted by molar-refractivity contribution is -0.105. The summed E-state index contributed by atoms with van der Waals surface area (Å²) < 4.78 is 58.9. The maximum atomic E-state index is 9.58. The van der Waals surface area contributed by atoms with Crippen molar-refractivity contribution in [2.75, 3.05) is 0 Å². The molecule has 0 saturated heterocycles. The topological polar surface area (TPSA) is 217 Å². The first-order valence-electron chi connectivity index (χ1n) is 8.14. The summed E-state index contributed by atoms with van der Waals surface area (Å²) in [6, 6.07) is 7.67. The standard InChI is InChI=1S/C15H24O.2H3N.H2O8S2/c1-2-3-4-5-6-7-8-11-14-12-9-10-13-15(14)16;;;1-9(2,3)7-8-10(4,5)6/h9-10,12-13,16H,2-8,11H2,1H3;2*1H3;(H,1,2,3)(H,4,5,6). The van der Waals surface area contributed by atoms with Crippen LogP contribution in [-0.2, 0) is 35.9 Å². The van der Waals surface area contributed by atoms with Crippen molar-refractivity contribution in [1.82, 2.24) is 12.3 Å². The first-order valence-corrected chi connectivity index (χ1v) is 10.9. The van der Waals surface area contributed by atoms with Gasteiger partial charge in [0, 0.05) is 0 Å². The highest BCUT2D eigenvalue weighted by molar-refractivity contribution is 7.83. The van der Waals surface area contributed by atoms with Crippen LogP contribution in [0.4, 0.5) is 0 Å². The summed E-state index contributed by atoms with van der Waals surface area (Å²) >= 11 is 0. The molecule has 0 saturated carbocycles. The molecule has 0 aromatic heterocycles. The fraction of sp³-hybridized carbons (Fsp3) is 0.600. The number of benzene rings is 1. The molecule has 0 radical (unpaired) electrons. The summed E-state index contributed by atoms with van der Waals surface area (Å²) in [7, 11) is -10.0. The second kappa shape index (κ2) is 16.6. The number of aromatic hydroxyl groups is 1. The molecule has 1 aromatic rings. The lowest BCUT2D eigenvalue weighted by Crippen LogP contribution is -2.10. The van der Waals surface area contributed by atoms with E-state index in [9.17, 15) is 21.9 Å². The second-order valence-electron chi connectivity index (χ2n) is 5.49. The minimum atomic E-state index is -5.02. The van der Waals surface area contributed by atoms with Crippen LogP contribution >= 0.6 is 0 Å². The summed E-state index contributed by atoms with van der Waals surface area (Å²) in [4.78, 5) is 0. The number of aryl methyl sites for hydroxylation is 1. The van der Waals surface area contributed by atoms with E-state index in [2.05, 4.69) is 15.6 Å². The zero-order chi connectivity index (χ0) is 20.1. The Kier molecular flexibility index (Phi) is 18.6. The molecule has 168 valence electrons. The molecular weight excluding hydrogens is 416 g/mol. The van der Waals surface area contributed by atoms with Crippen molar-refractivity contribution < 1.29 is 39.7 Å². The number of phenols is 1. The second-order valence-corrected chi connectivity index (χ2v) is 7.47. The van der Waals surface area contributed by atoms with Crippen LogP contribution in [0, 0.1) is 0 Å². The summed E-state index contributed by atoms with van der Waals surface area (Å²) in [6.07, 6.45) is 10.3. The van der Waals surface area contributed by atoms with Crippen LogP contribution in [0.2, 0.25) is 0 Å². The monoisotopic (exact) mass is 448 g/mol. The van der Waals surface area contributed by atoms with Crippen molar-refractivity contribution in [3.05, 3.63) is 29.8 Å². The molecule has 1 rings (SSSR count). The third kappa shape index (κ3) is 21.0. The average molecular weight is 449 g/mol. The third-order valence-electron chi connectivity index (χ3n) is 3.24. The molecule has 0 aliphatic heterocycles. The number of rotatable bonds is 11. The van der Waals surface area contributed by atoms with E-state index < -0.39 is 20.8 Å². The predicted molar refractivity (Wildman–Crippen MR) is 105 cm³/mol. The summed E-state index contributed by atoms with van der Waals surface area (Å²) in [5, 5.41) is 9.58. The Morgan fingerprint density at radius 2 is 1.21 bits per heavy atom. The number of phenolic OH excluding ortho intramolecular Hbond substituents is 1. The fourth-order valence-electron chi connectivity index (χ4n) is 2.06. The smallest absolute Gasteiger partial charge is 0.425 e. The van der Waals surface area contributed by atoms with Crippen LogP contribution in [0.15, 0.2) is 24.3 Å². The van der Waals surface area contributed by atoms with Gasteiger partial charge in [-0.15, -0.1) is 0 Å². The van der Waals surface area contributed by atoms with Gasteiger partial charge in [-0.3, -0.25) is 9.11 Å². The van der Waals surface area contributed by atoms with Gasteiger partial charge in [-0.25, -0.2) is 0 Å². The van der Waals surface area contributed by atoms with E-state index in [1.807, 2.05) is 18.2 Å².